The number of nitrogens with one attached hydrogen (secondary N) is 1. The Kier molecular flexibility index (Phi) is 5.67. The minimum absolute atomic E-state index is 0.0810. The molecule has 9 nitrogen and oxygen atoms in total. The Hall–Kier alpha value is -2.98. The highest BCUT2D eigenvalue weighted by molar-refractivity contribution is 7.13. The van der Waals surface area contributed by atoms with Crippen molar-refractivity contribution < 1.29 is 14.4 Å². The van der Waals surface area contributed by atoms with E-state index in [2.05, 4.69) is 28.6 Å². The zero-order chi connectivity index (χ0) is 19.4. The van der Waals surface area contributed by atoms with Crippen LogP contribution in [0.3, 0.4) is 0 Å². The molecule has 2 aromatic heterocycles. The van der Waals surface area contributed by atoms with Crippen molar-refractivity contribution in [3.63, 3.8) is 0 Å². The van der Waals surface area contributed by atoms with Gasteiger partial charge in [-0.25, -0.2) is 14.5 Å². The first-order valence-corrected chi connectivity index (χ1v) is 9.14. The zero-order valence-corrected chi connectivity index (χ0v) is 15.7. The molecule has 3 heterocycles. The second-order valence-electron chi connectivity index (χ2n) is 5.93. The number of hydrogen-bond acceptors (Lipinski definition) is 6. The van der Waals surface area contributed by atoms with Crippen LogP contribution in [0.5, 0.6) is 0 Å². The van der Waals surface area contributed by atoms with Crippen LogP contribution >= 0.6 is 11.3 Å². The third-order valence-corrected chi connectivity index (χ3v) is 4.54. The van der Waals surface area contributed by atoms with E-state index in [4.69, 9.17) is 4.84 Å². The first kappa shape index (κ1) is 18.8. The summed E-state index contributed by atoms with van der Waals surface area (Å²) < 4.78 is 1.49. The summed E-state index contributed by atoms with van der Waals surface area (Å²) in [6, 6.07) is 1.27. The van der Waals surface area contributed by atoms with Crippen LogP contribution in [0.1, 0.15) is 17.4 Å². The van der Waals surface area contributed by atoms with Gasteiger partial charge >= 0.3 is 6.03 Å². The first-order chi connectivity index (χ1) is 13.0. The number of amides is 3. The van der Waals surface area contributed by atoms with E-state index in [1.165, 1.54) is 21.1 Å². The van der Waals surface area contributed by atoms with Crippen molar-refractivity contribution in [2.75, 3.05) is 25.0 Å². The van der Waals surface area contributed by atoms with Crippen molar-refractivity contribution in [2.45, 2.75) is 13.0 Å². The Bertz CT molecular complexity index is 847. The van der Waals surface area contributed by atoms with E-state index >= 15 is 0 Å². The summed E-state index contributed by atoms with van der Waals surface area (Å²) in [6.07, 6.45) is 4.83. The summed E-state index contributed by atoms with van der Waals surface area (Å²) in [6.45, 7) is 10.5. The van der Waals surface area contributed by atoms with E-state index < -0.39 is 0 Å². The lowest BCUT2D eigenvalue weighted by Gasteiger charge is -2.19. The molecule has 0 radical (unpaired) electrons. The molecule has 3 amide bonds. The standard InChI is InChI=1S/C17H20N6O3S/c1-4-8-26-23-13(3)11-21(17(23)25)10-12(2)22-7-5-14(20-22)15(24)19-16-18-6-9-27-16/h4-7,9,13H,1-2,8,10-11H2,3H3,(H,18,19,24). The van der Waals surface area contributed by atoms with Gasteiger partial charge in [0.25, 0.3) is 5.91 Å². The predicted octanol–water partition coefficient (Wildman–Crippen LogP) is 2.31. The second-order valence-corrected chi connectivity index (χ2v) is 6.82. The number of hydroxylamine groups is 2. The van der Waals surface area contributed by atoms with E-state index in [9.17, 15) is 9.59 Å². The van der Waals surface area contributed by atoms with Crippen LogP contribution in [0.2, 0.25) is 0 Å². The molecule has 0 bridgehead atoms. The average molecular weight is 388 g/mol. The molecule has 1 fully saturated rings. The third kappa shape index (κ3) is 4.23. The van der Waals surface area contributed by atoms with Crippen LogP contribution in [0, 0.1) is 0 Å². The number of thiazole rings is 1. The maximum atomic E-state index is 12.4. The van der Waals surface area contributed by atoms with Crippen LogP contribution in [0.15, 0.2) is 43.1 Å². The smallest absolute Gasteiger partial charge is 0.315 e. The molecule has 0 spiro atoms. The van der Waals surface area contributed by atoms with E-state index in [0.717, 1.165) is 0 Å². The summed E-state index contributed by atoms with van der Waals surface area (Å²) in [5, 5.41) is 10.5. The average Bonchev–Trinajstić information content (AvgIpc) is 3.36. The summed E-state index contributed by atoms with van der Waals surface area (Å²) in [4.78, 5) is 35.6. The van der Waals surface area contributed by atoms with Crippen molar-refractivity contribution in [1.29, 1.82) is 0 Å². The molecule has 1 atom stereocenters. The molecular weight excluding hydrogens is 368 g/mol. The van der Waals surface area contributed by atoms with Crippen molar-refractivity contribution >= 4 is 34.1 Å². The van der Waals surface area contributed by atoms with E-state index in [1.54, 1.807) is 34.8 Å². The topological polar surface area (TPSA) is 92.6 Å². The quantitative estimate of drug-likeness (QED) is 0.701. The second kappa shape index (κ2) is 8.14. The fourth-order valence-electron chi connectivity index (χ4n) is 2.61. The number of aromatic nitrogens is 3. The van der Waals surface area contributed by atoms with Gasteiger partial charge in [0.15, 0.2) is 10.8 Å². The lowest BCUT2D eigenvalue weighted by molar-refractivity contribution is -0.114. The Morgan fingerprint density at radius 2 is 2.37 bits per heavy atom. The van der Waals surface area contributed by atoms with Crippen LogP contribution < -0.4 is 5.32 Å². The molecule has 10 heteroatoms. The zero-order valence-electron chi connectivity index (χ0n) is 14.9. The number of nitrogens with zero attached hydrogens (tertiary/aromatic N) is 5. The van der Waals surface area contributed by atoms with Crippen LogP contribution in [-0.2, 0) is 4.84 Å². The minimum Gasteiger partial charge on any atom is -0.315 e. The van der Waals surface area contributed by atoms with Gasteiger partial charge in [0.1, 0.15) is 0 Å². The predicted molar refractivity (Wildman–Crippen MR) is 102 cm³/mol. The Labute approximate surface area is 160 Å². The van der Waals surface area contributed by atoms with Gasteiger partial charge in [-0.05, 0) is 13.0 Å². The molecule has 1 aliphatic rings. The Morgan fingerprint density at radius 3 is 3.07 bits per heavy atom. The fourth-order valence-corrected chi connectivity index (χ4v) is 3.13. The largest absolute Gasteiger partial charge is 0.344 e. The molecule has 0 aliphatic carbocycles. The number of rotatable bonds is 8. The highest BCUT2D eigenvalue weighted by Gasteiger charge is 2.35. The maximum Gasteiger partial charge on any atom is 0.344 e. The number of urea groups is 1. The molecule has 0 saturated carbocycles. The molecule has 2 aromatic rings. The SMILES string of the molecule is C=CCON1C(=O)N(CC(=C)n2ccc(C(=O)Nc3nccs3)n2)CC1C. The molecule has 142 valence electrons. The molecule has 1 aliphatic heterocycles. The molecular formula is C17H20N6O3S. The Balaban J connectivity index is 1.60. The number of hydrogen-bond donors (Lipinski definition) is 1. The highest BCUT2D eigenvalue weighted by Crippen LogP contribution is 2.19. The van der Waals surface area contributed by atoms with Crippen LogP contribution in [-0.4, -0.2) is 62.4 Å². The Morgan fingerprint density at radius 1 is 1.56 bits per heavy atom. The molecule has 1 saturated heterocycles. The van der Waals surface area contributed by atoms with E-state index in [1.807, 2.05) is 6.92 Å². The van der Waals surface area contributed by atoms with Gasteiger partial charge in [-0.3, -0.25) is 14.9 Å². The monoisotopic (exact) mass is 388 g/mol. The minimum atomic E-state index is -0.355. The van der Waals surface area contributed by atoms with Gasteiger partial charge in [-0.15, -0.1) is 17.9 Å². The van der Waals surface area contributed by atoms with Gasteiger partial charge in [-0.1, -0.05) is 12.7 Å². The number of anilines is 1. The van der Waals surface area contributed by atoms with Crippen LogP contribution in [0.25, 0.3) is 5.70 Å². The van der Waals surface area contributed by atoms with Gasteiger partial charge in [0.05, 0.1) is 24.9 Å². The molecule has 3 rings (SSSR count). The van der Waals surface area contributed by atoms with E-state index in [-0.39, 0.29) is 36.8 Å². The van der Waals surface area contributed by atoms with Crippen LogP contribution in [0.4, 0.5) is 9.93 Å². The highest BCUT2D eigenvalue weighted by atomic mass is 32.1. The molecule has 0 aromatic carbocycles. The third-order valence-electron chi connectivity index (χ3n) is 3.85. The van der Waals surface area contributed by atoms with E-state index in [0.29, 0.717) is 17.4 Å². The lowest BCUT2D eigenvalue weighted by atomic mass is 10.3. The fraction of sp³-hybridized carbons (Fsp3) is 0.294. The van der Waals surface area contributed by atoms with Gasteiger partial charge in [-0.2, -0.15) is 10.2 Å². The van der Waals surface area contributed by atoms with Crippen molar-refractivity contribution in [2.24, 2.45) is 0 Å². The summed E-state index contributed by atoms with van der Waals surface area (Å²) >= 11 is 1.32. The van der Waals surface area contributed by atoms with Crippen molar-refractivity contribution in [3.8, 4) is 0 Å². The number of carbonyl (C=O) groups excluding carboxylic acids is 2. The number of carbonyl (C=O) groups is 2. The summed E-state index contributed by atoms with van der Waals surface area (Å²) in [7, 11) is 0. The molecule has 1 unspecified atom stereocenters. The van der Waals surface area contributed by atoms with Gasteiger partial charge in [0, 0.05) is 24.3 Å². The van der Waals surface area contributed by atoms with Gasteiger partial charge < -0.3 is 4.90 Å². The summed E-state index contributed by atoms with van der Waals surface area (Å²) in [5.41, 5.74) is 0.804. The maximum absolute atomic E-state index is 12.4. The summed E-state index contributed by atoms with van der Waals surface area (Å²) in [5.74, 6) is -0.355. The van der Waals surface area contributed by atoms with Crippen molar-refractivity contribution in [3.05, 3.63) is 48.8 Å². The molecule has 27 heavy (non-hydrogen) atoms. The normalized spacial score (nSPS) is 16.6. The first-order valence-electron chi connectivity index (χ1n) is 8.26. The van der Waals surface area contributed by atoms with Gasteiger partial charge in [0.2, 0.25) is 0 Å². The lowest BCUT2D eigenvalue weighted by Crippen LogP contribution is -2.35. The molecule has 1 N–H and O–H groups in total. The van der Waals surface area contributed by atoms with Crippen molar-refractivity contribution in [1.82, 2.24) is 24.7 Å².